The third-order valence-corrected chi connectivity index (χ3v) is 4.90. The van der Waals surface area contributed by atoms with E-state index in [1.807, 2.05) is 0 Å². The maximum atomic E-state index is 12.0. The molecule has 8 nitrogen and oxygen atoms in total. The second kappa shape index (κ2) is 8.11. The Morgan fingerprint density at radius 3 is 1.79 bits per heavy atom. The zero-order chi connectivity index (χ0) is 22.0. The average Bonchev–Trinajstić information content (AvgIpc) is 2.58. The van der Waals surface area contributed by atoms with Gasteiger partial charge in [-0.25, -0.2) is 4.79 Å². The highest BCUT2D eigenvalue weighted by atomic mass is 32.2. The number of aliphatic hydroxyl groups is 2. The minimum Gasteiger partial charge on any atom is -0.482 e. The summed E-state index contributed by atoms with van der Waals surface area (Å²) in [6, 6.07) is 9.42. The maximum absolute atomic E-state index is 12.0. The molecule has 0 spiro atoms. The molecular weight excluding hydrogens is 400 g/mol. The molecule has 3 N–H and O–H groups in total. The van der Waals surface area contributed by atoms with Crippen molar-refractivity contribution in [2.24, 2.45) is 0 Å². The summed E-state index contributed by atoms with van der Waals surface area (Å²) in [5, 5.41) is 20.5. The van der Waals surface area contributed by atoms with E-state index in [0.717, 1.165) is 12.1 Å². The van der Waals surface area contributed by atoms with Gasteiger partial charge in [-0.1, -0.05) is 0 Å². The van der Waals surface area contributed by atoms with Crippen molar-refractivity contribution >= 4 is 16.1 Å². The molecule has 2 rings (SSSR count). The number of benzene rings is 2. The molecule has 0 atom stereocenters. The minimum absolute atomic E-state index is 0.0772. The highest BCUT2D eigenvalue weighted by molar-refractivity contribution is 7.85. The van der Waals surface area contributed by atoms with Gasteiger partial charge in [-0.15, -0.1) is 0 Å². The first-order valence-corrected chi connectivity index (χ1v) is 10.1. The van der Waals surface area contributed by atoms with Crippen LogP contribution in [-0.2, 0) is 26.1 Å². The SMILES string of the molecule is CC(C)(O)c1cc(OCC(=O)Oc2ccc(S(=O)(=O)O)cc2)cc(C(C)(C)O)c1. The third-order valence-electron chi connectivity index (χ3n) is 4.03. The van der Waals surface area contributed by atoms with E-state index in [0.29, 0.717) is 11.1 Å². The van der Waals surface area contributed by atoms with Crippen molar-refractivity contribution in [3.05, 3.63) is 53.6 Å². The van der Waals surface area contributed by atoms with Gasteiger partial charge in [-0.2, -0.15) is 8.42 Å². The second-order valence-corrected chi connectivity index (χ2v) is 8.99. The molecule has 0 saturated heterocycles. The summed E-state index contributed by atoms with van der Waals surface area (Å²) in [7, 11) is -4.33. The first-order chi connectivity index (χ1) is 13.2. The predicted octanol–water partition coefficient (Wildman–Crippen LogP) is 2.37. The molecule has 0 unspecified atom stereocenters. The van der Waals surface area contributed by atoms with Gasteiger partial charge >= 0.3 is 5.97 Å². The van der Waals surface area contributed by atoms with Crippen molar-refractivity contribution in [1.82, 2.24) is 0 Å². The molecule has 0 radical (unpaired) electrons. The Hall–Kier alpha value is -2.46. The summed E-state index contributed by atoms with van der Waals surface area (Å²) < 4.78 is 41.5. The van der Waals surface area contributed by atoms with Crippen LogP contribution in [0.15, 0.2) is 47.4 Å². The van der Waals surface area contributed by atoms with Crippen molar-refractivity contribution < 1.29 is 37.5 Å². The number of carbonyl (C=O) groups is 1. The molecule has 0 heterocycles. The van der Waals surface area contributed by atoms with Crippen molar-refractivity contribution in [2.75, 3.05) is 6.61 Å². The minimum atomic E-state index is -4.33. The Morgan fingerprint density at radius 1 is 0.897 bits per heavy atom. The van der Waals surface area contributed by atoms with Crippen LogP contribution in [0.3, 0.4) is 0 Å². The maximum Gasteiger partial charge on any atom is 0.349 e. The van der Waals surface area contributed by atoms with Gasteiger partial charge in [-0.05, 0) is 81.3 Å². The van der Waals surface area contributed by atoms with Gasteiger partial charge in [0.2, 0.25) is 0 Å². The number of ether oxygens (including phenoxy) is 2. The summed E-state index contributed by atoms with van der Waals surface area (Å²) in [5.74, 6) is -0.406. The number of hydrogen-bond donors (Lipinski definition) is 3. The first kappa shape index (κ1) is 22.8. The predicted molar refractivity (Wildman–Crippen MR) is 104 cm³/mol. The molecule has 9 heteroatoms. The zero-order valence-electron chi connectivity index (χ0n) is 16.5. The highest BCUT2D eigenvalue weighted by Crippen LogP contribution is 2.31. The Morgan fingerprint density at radius 2 is 1.38 bits per heavy atom. The molecule has 0 amide bonds. The molecule has 0 saturated carbocycles. The molecule has 158 valence electrons. The van der Waals surface area contributed by atoms with Gasteiger partial charge < -0.3 is 19.7 Å². The molecule has 29 heavy (non-hydrogen) atoms. The van der Waals surface area contributed by atoms with Gasteiger partial charge in [0.05, 0.1) is 16.1 Å². The summed E-state index contributed by atoms with van der Waals surface area (Å²) >= 11 is 0. The van der Waals surface area contributed by atoms with E-state index in [2.05, 4.69) is 0 Å². The molecule has 0 bridgehead atoms. The quantitative estimate of drug-likeness (QED) is 0.351. The average molecular weight is 424 g/mol. The van der Waals surface area contributed by atoms with Crippen LogP contribution in [0.2, 0.25) is 0 Å². The fourth-order valence-electron chi connectivity index (χ4n) is 2.37. The number of carbonyl (C=O) groups excluding carboxylic acids is 1. The zero-order valence-corrected chi connectivity index (χ0v) is 17.4. The molecular formula is C20H24O8S. The van der Waals surface area contributed by atoms with Crippen LogP contribution in [0.4, 0.5) is 0 Å². The lowest BCUT2D eigenvalue weighted by atomic mass is 9.90. The normalized spacial score (nSPS) is 12.5. The van der Waals surface area contributed by atoms with Crippen LogP contribution in [0.5, 0.6) is 11.5 Å². The Labute approximate surface area is 169 Å². The topological polar surface area (TPSA) is 130 Å². The highest BCUT2D eigenvalue weighted by Gasteiger charge is 2.23. The van der Waals surface area contributed by atoms with Crippen molar-refractivity contribution in [1.29, 1.82) is 0 Å². The summed E-state index contributed by atoms with van der Waals surface area (Å²) in [5.41, 5.74) is -1.37. The van der Waals surface area contributed by atoms with Crippen LogP contribution < -0.4 is 9.47 Å². The summed E-state index contributed by atoms with van der Waals surface area (Å²) in [6.45, 7) is 5.89. The molecule has 2 aromatic carbocycles. The van der Waals surface area contributed by atoms with Crippen molar-refractivity contribution in [2.45, 2.75) is 43.8 Å². The largest absolute Gasteiger partial charge is 0.482 e. The smallest absolute Gasteiger partial charge is 0.349 e. The molecule has 0 aromatic heterocycles. The Balaban J connectivity index is 2.11. The lowest BCUT2D eigenvalue weighted by Gasteiger charge is -2.24. The van der Waals surface area contributed by atoms with Crippen LogP contribution in [0.1, 0.15) is 38.8 Å². The summed E-state index contributed by atoms with van der Waals surface area (Å²) in [4.78, 5) is 11.7. The molecule has 0 aliphatic carbocycles. The number of esters is 1. The Bertz CT molecular complexity index is 948. The number of hydrogen-bond acceptors (Lipinski definition) is 7. The van der Waals surface area contributed by atoms with Crippen molar-refractivity contribution in [3.8, 4) is 11.5 Å². The fraction of sp³-hybridized carbons (Fsp3) is 0.350. The van der Waals surface area contributed by atoms with E-state index in [4.69, 9.17) is 14.0 Å². The standard InChI is InChI=1S/C20H24O8S/c1-19(2,22)13-9-14(20(3,4)23)11-16(10-13)27-12-18(21)28-15-5-7-17(8-6-15)29(24,25)26/h5-11,22-23H,12H2,1-4H3,(H,24,25,26). The molecule has 0 aliphatic heterocycles. The van der Waals surface area contributed by atoms with Crippen molar-refractivity contribution in [3.63, 3.8) is 0 Å². The van der Waals surface area contributed by atoms with Crippen LogP contribution >= 0.6 is 0 Å². The molecule has 2 aromatic rings. The van der Waals surface area contributed by atoms with Crippen LogP contribution in [0, 0.1) is 0 Å². The number of rotatable bonds is 7. The van der Waals surface area contributed by atoms with Gasteiger partial charge in [0.1, 0.15) is 11.5 Å². The molecule has 0 aliphatic rings. The molecule has 0 fully saturated rings. The monoisotopic (exact) mass is 424 g/mol. The van der Waals surface area contributed by atoms with E-state index in [-0.39, 0.29) is 16.4 Å². The van der Waals surface area contributed by atoms with Gasteiger partial charge in [0.25, 0.3) is 10.1 Å². The van der Waals surface area contributed by atoms with Gasteiger partial charge in [-0.3, -0.25) is 4.55 Å². The third kappa shape index (κ3) is 6.53. The van der Waals surface area contributed by atoms with Gasteiger partial charge in [0, 0.05) is 0 Å². The van der Waals surface area contributed by atoms with E-state index in [9.17, 15) is 23.4 Å². The van der Waals surface area contributed by atoms with E-state index in [1.54, 1.807) is 45.9 Å². The summed E-state index contributed by atoms with van der Waals surface area (Å²) in [6.07, 6.45) is 0. The first-order valence-electron chi connectivity index (χ1n) is 8.68. The van der Waals surface area contributed by atoms with E-state index < -0.39 is 33.9 Å². The van der Waals surface area contributed by atoms with Crippen LogP contribution in [0.25, 0.3) is 0 Å². The van der Waals surface area contributed by atoms with E-state index in [1.165, 1.54) is 12.1 Å². The van der Waals surface area contributed by atoms with Crippen LogP contribution in [-0.4, -0.2) is 35.8 Å². The lowest BCUT2D eigenvalue weighted by Crippen LogP contribution is -2.22. The van der Waals surface area contributed by atoms with E-state index >= 15 is 0 Å². The lowest BCUT2D eigenvalue weighted by molar-refractivity contribution is -0.136. The fourth-order valence-corrected chi connectivity index (χ4v) is 2.85. The Kier molecular flexibility index (Phi) is 6.39. The second-order valence-electron chi connectivity index (χ2n) is 7.57. The van der Waals surface area contributed by atoms with Gasteiger partial charge in [0.15, 0.2) is 6.61 Å².